The van der Waals surface area contributed by atoms with Gasteiger partial charge < -0.3 is 9.80 Å². The van der Waals surface area contributed by atoms with Crippen molar-refractivity contribution in [2.75, 3.05) is 22.9 Å². The van der Waals surface area contributed by atoms with E-state index in [-0.39, 0.29) is 17.5 Å². The highest BCUT2D eigenvalue weighted by Crippen LogP contribution is 2.29. The third-order valence-electron chi connectivity index (χ3n) is 4.99. The zero-order valence-corrected chi connectivity index (χ0v) is 15.7. The molecule has 0 radical (unpaired) electrons. The first-order valence-corrected chi connectivity index (χ1v) is 9.41. The van der Waals surface area contributed by atoms with Crippen LogP contribution in [0.2, 0.25) is 0 Å². The average molecular weight is 371 g/mol. The van der Waals surface area contributed by atoms with Crippen molar-refractivity contribution in [2.45, 2.75) is 13.3 Å². The summed E-state index contributed by atoms with van der Waals surface area (Å²) >= 11 is 0. The van der Waals surface area contributed by atoms with Crippen LogP contribution in [0.4, 0.5) is 11.4 Å². The third-order valence-corrected chi connectivity index (χ3v) is 4.99. The van der Waals surface area contributed by atoms with Crippen LogP contribution in [0.1, 0.15) is 33.3 Å². The van der Waals surface area contributed by atoms with Crippen molar-refractivity contribution in [3.8, 4) is 0 Å². The highest BCUT2D eigenvalue weighted by Gasteiger charge is 2.26. The van der Waals surface area contributed by atoms with Crippen molar-refractivity contribution in [3.63, 3.8) is 0 Å². The maximum Gasteiger partial charge on any atom is 0.276 e. The largest absolute Gasteiger partial charge is 0.308 e. The number of amides is 2. The summed E-state index contributed by atoms with van der Waals surface area (Å²) in [7, 11) is 0. The van der Waals surface area contributed by atoms with Gasteiger partial charge >= 0.3 is 0 Å². The van der Waals surface area contributed by atoms with Gasteiger partial charge in [-0.25, -0.2) is 0 Å². The number of aromatic nitrogens is 1. The Kier molecular flexibility index (Phi) is 4.89. The first kappa shape index (κ1) is 17.9. The van der Waals surface area contributed by atoms with Gasteiger partial charge in [0.15, 0.2) is 0 Å². The molecule has 0 fully saturated rings. The number of hydrogen-bond donors (Lipinski definition) is 0. The van der Waals surface area contributed by atoms with Crippen LogP contribution in [-0.2, 0) is 6.42 Å². The molecule has 4 rings (SSSR count). The molecule has 140 valence electrons. The van der Waals surface area contributed by atoms with E-state index in [2.05, 4.69) is 4.98 Å². The maximum atomic E-state index is 13.1. The first-order chi connectivity index (χ1) is 13.7. The Hall–Kier alpha value is -3.47. The van der Waals surface area contributed by atoms with Crippen LogP contribution in [0.15, 0.2) is 72.9 Å². The van der Waals surface area contributed by atoms with Crippen molar-refractivity contribution < 1.29 is 9.59 Å². The van der Waals surface area contributed by atoms with E-state index in [1.165, 1.54) is 11.8 Å². The second kappa shape index (κ2) is 7.64. The number of rotatable bonds is 4. The van der Waals surface area contributed by atoms with Gasteiger partial charge in [0.2, 0.25) is 0 Å². The molecular formula is C23H21N3O2. The molecular weight excluding hydrogens is 350 g/mol. The SMILES string of the molecule is CCN(C(=O)c1cc(C(=O)N2CCc3ccccc32)ccn1)c1ccccc1. The van der Waals surface area contributed by atoms with E-state index >= 15 is 0 Å². The Morgan fingerprint density at radius 1 is 1.04 bits per heavy atom. The molecule has 0 N–H and O–H groups in total. The summed E-state index contributed by atoms with van der Waals surface area (Å²) in [5.41, 5.74) is 3.66. The molecule has 0 saturated carbocycles. The van der Waals surface area contributed by atoms with Gasteiger partial charge in [-0.05, 0) is 49.2 Å². The van der Waals surface area contributed by atoms with Crippen LogP contribution in [0.3, 0.4) is 0 Å². The quantitative estimate of drug-likeness (QED) is 0.698. The normalized spacial score (nSPS) is 12.5. The Balaban J connectivity index is 1.61. The number of nitrogens with zero attached hydrogens (tertiary/aromatic N) is 3. The van der Waals surface area contributed by atoms with Crippen LogP contribution in [-0.4, -0.2) is 29.9 Å². The molecule has 28 heavy (non-hydrogen) atoms. The molecule has 0 spiro atoms. The Morgan fingerprint density at radius 2 is 1.79 bits per heavy atom. The second-order valence-electron chi connectivity index (χ2n) is 6.65. The zero-order chi connectivity index (χ0) is 19.5. The van der Waals surface area contributed by atoms with Crippen LogP contribution in [0.5, 0.6) is 0 Å². The second-order valence-corrected chi connectivity index (χ2v) is 6.65. The van der Waals surface area contributed by atoms with E-state index in [9.17, 15) is 9.59 Å². The van der Waals surface area contributed by atoms with Crippen molar-refractivity contribution in [1.82, 2.24) is 4.98 Å². The van der Waals surface area contributed by atoms with Gasteiger partial charge in [-0.2, -0.15) is 0 Å². The number of benzene rings is 2. The van der Waals surface area contributed by atoms with Crippen molar-refractivity contribution in [1.29, 1.82) is 0 Å². The highest BCUT2D eigenvalue weighted by atomic mass is 16.2. The molecule has 0 bridgehead atoms. The fourth-order valence-corrected chi connectivity index (χ4v) is 3.58. The van der Waals surface area contributed by atoms with Crippen LogP contribution < -0.4 is 9.80 Å². The molecule has 3 aromatic rings. The van der Waals surface area contributed by atoms with Crippen LogP contribution in [0.25, 0.3) is 0 Å². The zero-order valence-electron chi connectivity index (χ0n) is 15.7. The number of fused-ring (bicyclic) bond motifs is 1. The lowest BCUT2D eigenvalue weighted by Crippen LogP contribution is -2.32. The summed E-state index contributed by atoms with van der Waals surface area (Å²) in [5, 5.41) is 0. The number of carbonyl (C=O) groups is 2. The van der Waals surface area contributed by atoms with E-state index < -0.39 is 0 Å². The van der Waals surface area contributed by atoms with Gasteiger partial charge in [-0.1, -0.05) is 36.4 Å². The molecule has 5 nitrogen and oxygen atoms in total. The molecule has 2 amide bonds. The van der Waals surface area contributed by atoms with E-state index in [4.69, 9.17) is 0 Å². The lowest BCUT2D eigenvalue weighted by molar-refractivity contribution is 0.0983. The predicted molar refractivity (Wildman–Crippen MR) is 110 cm³/mol. The molecule has 2 heterocycles. The van der Waals surface area contributed by atoms with Gasteiger partial charge in [0.05, 0.1) is 0 Å². The van der Waals surface area contributed by atoms with Gasteiger partial charge in [0.25, 0.3) is 11.8 Å². The number of hydrogen-bond acceptors (Lipinski definition) is 3. The van der Waals surface area contributed by atoms with Gasteiger partial charge in [-0.15, -0.1) is 0 Å². The third kappa shape index (κ3) is 3.27. The number of pyridine rings is 1. The molecule has 0 aliphatic carbocycles. The molecule has 0 saturated heterocycles. The van der Waals surface area contributed by atoms with Gasteiger partial charge in [0, 0.05) is 36.2 Å². The molecule has 0 unspecified atom stereocenters. The van der Waals surface area contributed by atoms with E-state index in [1.54, 1.807) is 21.9 Å². The Bertz CT molecular complexity index is 988. The van der Waals surface area contributed by atoms with Crippen molar-refractivity contribution in [3.05, 3.63) is 89.7 Å². The average Bonchev–Trinajstić information content (AvgIpc) is 3.19. The van der Waals surface area contributed by atoms with E-state index in [1.807, 2.05) is 61.5 Å². The molecule has 1 aliphatic heterocycles. The topological polar surface area (TPSA) is 53.5 Å². The summed E-state index contributed by atoms with van der Waals surface area (Å²) in [4.78, 5) is 33.7. The minimum absolute atomic E-state index is 0.107. The maximum absolute atomic E-state index is 13.1. The lowest BCUT2D eigenvalue weighted by Gasteiger charge is -2.21. The molecule has 5 heteroatoms. The summed E-state index contributed by atoms with van der Waals surface area (Å²) in [6, 6.07) is 20.7. The smallest absolute Gasteiger partial charge is 0.276 e. The number of carbonyl (C=O) groups excluding carboxylic acids is 2. The van der Waals surface area contributed by atoms with E-state index in [0.29, 0.717) is 18.7 Å². The Labute approximate surface area is 164 Å². The molecule has 1 aromatic heterocycles. The molecule has 1 aliphatic rings. The first-order valence-electron chi connectivity index (χ1n) is 9.41. The summed E-state index contributed by atoms with van der Waals surface area (Å²) < 4.78 is 0. The van der Waals surface area contributed by atoms with Crippen LogP contribution in [0, 0.1) is 0 Å². The van der Waals surface area contributed by atoms with E-state index in [0.717, 1.165) is 17.8 Å². The molecule has 0 atom stereocenters. The number of para-hydroxylation sites is 2. The summed E-state index contributed by atoms with van der Waals surface area (Å²) in [5.74, 6) is -0.325. The number of anilines is 2. The van der Waals surface area contributed by atoms with Crippen LogP contribution >= 0.6 is 0 Å². The fourth-order valence-electron chi connectivity index (χ4n) is 3.58. The fraction of sp³-hybridized carbons (Fsp3) is 0.174. The summed E-state index contributed by atoms with van der Waals surface area (Å²) in [6.45, 7) is 3.08. The standard InChI is InChI=1S/C23H21N3O2/c1-2-25(19-9-4-3-5-10-19)23(28)20-16-18(12-14-24-20)22(27)26-15-13-17-8-6-7-11-21(17)26/h3-12,14,16H,2,13,15H2,1H3. The van der Waals surface area contributed by atoms with Crippen molar-refractivity contribution in [2.24, 2.45) is 0 Å². The lowest BCUT2D eigenvalue weighted by atomic mass is 10.1. The van der Waals surface area contributed by atoms with Gasteiger partial charge in [0.1, 0.15) is 5.69 Å². The van der Waals surface area contributed by atoms with Gasteiger partial charge in [-0.3, -0.25) is 14.6 Å². The predicted octanol–water partition coefficient (Wildman–Crippen LogP) is 3.95. The summed E-state index contributed by atoms with van der Waals surface area (Å²) in [6.07, 6.45) is 2.37. The van der Waals surface area contributed by atoms with Crippen molar-refractivity contribution >= 4 is 23.2 Å². The minimum Gasteiger partial charge on any atom is -0.308 e. The molecule has 2 aromatic carbocycles. The minimum atomic E-state index is -0.217. The monoisotopic (exact) mass is 371 g/mol. The Morgan fingerprint density at radius 3 is 2.57 bits per heavy atom. The highest BCUT2D eigenvalue weighted by molar-refractivity contribution is 6.10.